The summed E-state index contributed by atoms with van der Waals surface area (Å²) in [6.07, 6.45) is -7.62. The normalized spacial score (nSPS) is 14.3. The van der Waals surface area contributed by atoms with Crippen molar-refractivity contribution in [2.24, 2.45) is 0 Å². The predicted molar refractivity (Wildman–Crippen MR) is 103 cm³/mol. The van der Waals surface area contributed by atoms with Gasteiger partial charge in [0, 0.05) is 18.3 Å². The molecular weight excluding hydrogens is 446 g/mol. The summed E-state index contributed by atoms with van der Waals surface area (Å²) in [5.74, 6) is 1.17. The zero-order valence-electron chi connectivity index (χ0n) is 15.6. The summed E-state index contributed by atoms with van der Waals surface area (Å²) in [6.45, 7) is 1.04. The Morgan fingerprint density at radius 3 is 2.13 bits per heavy atom. The number of anilines is 2. The Hall–Kier alpha value is -2.95. The van der Waals surface area contributed by atoms with Gasteiger partial charge in [0.25, 0.3) is 0 Å². The second-order valence-corrected chi connectivity index (χ2v) is 7.69. The molecule has 164 valence electrons. The number of fused-ring (bicyclic) bond motifs is 1. The van der Waals surface area contributed by atoms with Crippen LogP contribution in [0.15, 0.2) is 42.6 Å². The van der Waals surface area contributed by atoms with Gasteiger partial charge in [-0.25, -0.2) is 4.98 Å². The molecule has 2 heterocycles. The van der Waals surface area contributed by atoms with Gasteiger partial charge in [0.2, 0.25) is 0 Å². The SMILES string of the molecule is FC(F)(F)c1cc(Nc2ncc(-c3ccc4c(c3)OCCCO4)s2)cc(C(F)(F)F)c1. The van der Waals surface area contributed by atoms with Crippen LogP contribution in [0, 0.1) is 0 Å². The number of alkyl halides is 6. The maximum atomic E-state index is 13.0. The van der Waals surface area contributed by atoms with Crippen molar-refractivity contribution in [3.05, 3.63) is 53.7 Å². The fourth-order valence-corrected chi connectivity index (χ4v) is 3.77. The number of aromatic nitrogens is 1. The van der Waals surface area contributed by atoms with Crippen molar-refractivity contribution < 1.29 is 35.8 Å². The van der Waals surface area contributed by atoms with Gasteiger partial charge >= 0.3 is 12.4 Å². The van der Waals surface area contributed by atoms with Crippen LogP contribution in [0.1, 0.15) is 17.5 Å². The quantitative estimate of drug-likeness (QED) is 0.439. The molecule has 4 rings (SSSR count). The number of ether oxygens (including phenoxy) is 2. The van der Waals surface area contributed by atoms with Crippen molar-refractivity contribution >= 4 is 22.2 Å². The molecular formula is C20H14F6N2O2S. The van der Waals surface area contributed by atoms with E-state index in [0.29, 0.717) is 41.7 Å². The topological polar surface area (TPSA) is 43.4 Å². The minimum atomic E-state index is -4.92. The van der Waals surface area contributed by atoms with Crippen molar-refractivity contribution in [2.45, 2.75) is 18.8 Å². The molecule has 0 unspecified atom stereocenters. The molecule has 1 aliphatic rings. The summed E-state index contributed by atoms with van der Waals surface area (Å²) in [5.41, 5.74) is -2.43. The van der Waals surface area contributed by atoms with Gasteiger partial charge in [-0.3, -0.25) is 0 Å². The van der Waals surface area contributed by atoms with E-state index in [1.54, 1.807) is 18.2 Å². The van der Waals surface area contributed by atoms with E-state index in [0.717, 1.165) is 23.3 Å². The summed E-state index contributed by atoms with van der Waals surface area (Å²) >= 11 is 1.08. The Balaban J connectivity index is 1.61. The van der Waals surface area contributed by atoms with Crippen molar-refractivity contribution in [3.63, 3.8) is 0 Å². The molecule has 3 aromatic rings. The minimum absolute atomic E-state index is 0.0796. The molecule has 0 atom stereocenters. The molecule has 11 heteroatoms. The molecule has 0 saturated carbocycles. The third-order valence-electron chi connectivity index (χ3n) is 4.38. The first-order chi connectivity index (χ1) is 14.6. The highest BCUT2D eigenvalue weighted by molar-refractivity contribution is 7.18. The predicted octanol–water partition coefficient (Wildman–Crippen LogP) is 6.75. The third kappa shape index (κ3) is 4.87. The monoisotopic (exact) mass is 460 g/mol. The molecule has 0 aliphatic carbocycles. The summed E-state index contributed by atoms with van der Waals surface area (Å²) in [6, 6.07) is 6.58. The standard InChI is InChI=1S/C20H14F6N2O2S/c21-19(22,23)12-7-13(20(24,25)26)9-14(8-12)28-18-27-10-17(31-18)11-2-3-15-16(6-11)30-5-1-4-29-15/h2-3,6-10H,1,4-5H2,(H,27,28). The van der Waals surface area contributed by atoms with Gasteiger partial charge in [-0.15, -0.1) is 0 Å². The van der Waals surface area contributed by atoms with E-state index >= 15 is 0 Å². The minimum Gasteiger partial charge on any atom is -0.490 e. The third-order valence-corrected chi connectivity index (χ3v) is 5.34. The highest BCUT2D eigenvalue weighted by Crippen LogP contribution is 2.40. The number of rotatable bonds is 3. The van der Waals surface area contributed by atoms with E-state index in [4.69, 9.17) is 9.47 Å². The smallest absolute Gasteiger partial charge is 0.416 e. The summed E-state index contributed by atoms with van der Waals surface area (Å²) < 4.78 is 89.4. The first-order valence-corrected chi connectivity index (χ1v) is 9.83. The van der Waals surface area contributed by atoms with Gasteiger partial charge in [0.15, 0.2) is 16.6 Å². The van der Waals surface area contributed by atoms with E-state index in [2.05, 4.69) is 10.3 Å². The lowest BCUT2D eigenvalue weighted by Gasteiger charge is -2.14. The van der Waals surface area contributed by atoms with Crippen molar-refractivity contribution in [3.8, 4) is 21.9 Å². The summed E-state index contributed by atoms with van der Waals surface area (Å²) in [4.78, 5) is 4.73. The Kier molecular flexibility index (Phi) is 5.46. The van der Waals surface area contributed by atoms with Crippen LogP contribution < -0.4 is 14.8 Å². The molecule has 0 bridgehead atoms. The van der Waals surface area contributed by atoms with Gasteiger partial charge < -0.3 is 14.8 Å². The molecule has 0 radical (unpaired) electrons. The molecule has 4 nitrogen and oxygen atoms in total. The molecule has 1 N–H and O–H groups in total. The largest absolute Gasteiger partial charge is 0.490 e. The second-order valence-electron chi connectivity index (χ2n) is 6.66. The molecule has 1 aliphatic heterocycles. The van der Waals surface area contributed by atoms with Crippen molar-refractivity contribution in [1.29, 1.82) is 0 Å². The first kappa shape index (κ1) is 21.3. The Bertz CT molecular complexity index is 1060. The van der Waals surface area contributed by atoms with Crippen LogP contribution in [0.4, 0.5) is 37.2 Å². The lowest BCUT2D eigenvalue weighted by molar-refractivity contribution is -0.143. The highest BCUT2D eigenvalue weighted by atomic mass is 32.1. The number of halogens is 6. The average Bonchev–Trinajstić information content (AvgIpc) is 3.02. The Labute approximate surface area is 176 Å². The van der Waals surface area contributed by atoms with Crippen LogP contribution in [-0.4, -0.2) is 18.2 Å². The van der Waals surface area contributed by atoms with Crippen LogP contribution in [0.5, 0.6) is 11.5 Å². The van der Waals surface area contributed by atoms with Crippen LogP contribution in [0.3, 0.4) is 0 Å². The summed E-state index contributed by atoms with van der Waals surface area (Å²) in [5, 5.41) is 2.69. The Morgan fingerprint density at radius 2 is 1.48 bits per heavy atom. The van der Waals surface area contributed by atoms with Gasteiger partial charge in [0.05, 0.1) is 29.2 Å². The molecule has 2 aromatic carbocycles. The highest BCUT2D eigenvalue weighted by Gasteiger charge is 2.37. The van der Waals surface area contributed by atoms with Crippen LogP contribution in [-0.2, 0) is 12.4 Å². The van der Waals surface area contributed by atoms with E-state index in [1.807, 2.05) is 0 Å². The Morgan fingerprint density at radius 1 is 0.839 bits per heavy atom. The summed E-state index contributed by atoms with van der Waals surface area (Å²) in [7, 11) is 0. The van der Waals surface area contributed by atoms with Crippen molar-refractivity contribution in [1.82, 2.24) is 4.98 Å². The lowest BCUT2D eigenvalue weighted by Crippen LogP contribution is -2.11. The lowest BCUT2D eigenvalue weighted by atomic mass is 10.1. The fourth-order valence-electron chi connectivity index (χ4n) is 2.93. The second kappa shape index (κ2) is 7.95. The van der Waals surface area contributed by atoms with E-state index in [9.17, 15) is 26.3 Å². The molecule has 0 amide bonds. The van der Waals surface area contributed by atoms with Gasteiger partial charge in [0.1, 0.15) is 0 Å². The first-order valence-electron chi connectivity index (χ1n) is 9.02. The molecule has 0 saturated heterocycles. The zero-order chi connectivity index (χ0) is 22.2. The molecule has 1 aromatic heterocycles. The van der Waals surface area contributed by atoms with Gasteiger partial charge in [-0.1, -0.05) is 11.3 Å². The number of benzene rings is 2. The molecule has 31 heavy (non-hydrogen) atoms. The maximum Gasteiger partial charge on any atom is 0.416 e. The van der Waals surface area contributed by atoms with Gasteiger partial charge in [-0.05, 0) is 42.0 Å². The van der Waals surface area contributed by atoms with Gasteiger partial charge in [-0.2, -0.15) is 26.3 Å². The maximum absolute atomic E-state index is 13.0. The number of hydrogen-bond donors (Lipinski definition) is 1. The van der Waals surface area contributed by atoms with Crippen LogP contribution >= 0.6 is 11.3 Å². The number of nitrogens with zero attached hydrogens (tertiary/aromatic N) is 1. The number of thiazole rings is 1. The average molecular weight is 460 g/mol. The van der Waals surface area contributed by atoms with E-state index in [-0.39, 0.29) is 16.9 Å². The molecule has 0 fully saturated rings. The number of nitrogens with one attached hydrogen (secondary N) is 1. The number of hydrogen-bond acceptors (Lipinski definition) is 5. The molecule has 0 spiro atoms. The van der Waals surface area contributed by atoms with Crippen molar-refractivity contribution in [2.75, 3.05) is 18.5 Å². The van der Waals surface area contributed by atoms with E-state index in [1.165, 1.54) is 6.20 Å². The van der Waals surface area contributed by atoms with Crippen LogP contribution in [0.25, 0.3) is 10.4 Å². The van der Waals surface area contributed by atoms with Crippen LogP contribution in [0.2, 0.25) is 0 Å². The zero-order valence-corrected chi connectivity index (χ0v) is 16.4. The van der Waals surface area contributed by atoms with E-state index < -0.39 is 23.5 Å². The fraction of sp³-hybridized carbons (Fsp3) is 0.250.